The molecule has 0 saturated carbocycles. The number of pyridine rings is 1. The van der Waals surface area contributed by atoms with Crippen LogP contribution in [-0.2, 0) is 6.18 Å². The number of anilines is 1. The Bertz CT molecular complexity index is 711. The maximum atomic E-state index is 12.5. The second kappa shape index (κ2) is 7.84. The number of alkyl halides is 3. The number of nitrogens with zero attached hydrogens (tertiary/aromatic N) is 1. The second-order valence-electron chi connectivity index (χ2n) is 5.70. The standard InChI is InChI=1S/C17H16F3N3O.ClH/c18-17(19,20)13-3-6-15(22-10-13)16(24)23-14-4-1-11(2-5-14)12-7-8-21-9-12;/h1-6,10,12,21H,7-9H2,(H,23,24);1H. The molecule has 1 fully saturated rings. The molecule has 2 heterocycles. The summed E-state index contributed by atoms with van der Waals surface area (Å²) in [6, 6.07) is 9.39. The van der Waals surface area contributed by atoms with E-state index in [0.29, 0.717) is 17.8 Å². The largest absolute Gasteiger partial charge is 0.417 e. The van der Waals surface area contributed by atoms with Crippen LogP contribution in [0.4, 0.5) is 18.9 Å². The van der Waals surface area contributed by atoms with Gasteiger partial charge in [0.15, 0.2) is 0 Å². The van der Waals surface area contributed by atoms with Gasteiger partial charge in [0.25, 0.3) is 5.91 Å². The average molecular weight is 372 g/mol. The van der Waals surface area contributed by atoms with Crippen LogP contribution in [0.15, 0.2) is 42.6 Å². The van der Waals surface area contributed by atoms with Gasteiger partial charge >= 0.3 is 6.18 Å². The molecule has 8 heteroatoms. The van der Waals surface area contributed by atoms with Gasteiger partial charge in [-0.2, -0.15) is 13.2 Å². The molecular formula is C17H17ClF3N3O. The minimum absolute atomic E-state index is 0. The highest BCUT2D eigenvalue weighted by atomic mass is 35.5. The molecule has 0 radical (unpaired) electrons. The molecule has 1 aliphatic rings. The number of benzene rings is 1. The molecule has 2 aromatic rings. The smallest absolute Gasteiger partial charge is 0.321 e. The Labute approximate surface area is 149 Å². The maximum absolute atomic E-state index is 12.5. The third-order valence-electron chi connectivity index (χ3n) is 4.02. The summed E-state index contributed by atoms with van der Waals surface area (Å²) in [6.07, 6.45) is -2.72. The predicted octanol–water partition coefficient (Wildman–Crippen LogP) is 3.85. The number of aromatic nitrogens is 1. The summed E-state index contributed by atoms with van der Waals surface area (Å²) in [4.78, 5) is 15.6. The van der Waals surface area contributed by atoms with Crippen molar-refractivity contribution in [3.63, 3.8) is 0 Å². The van der Waals surface area contributed by atoms with Crippen LogP contribution in [0.2, 0.25) is 0 Å². The molecule has 1 aromatic carbocycles. The van der Waals surface area contributed by atoms with Gasteiger partial charge in [-0.1, -0.05) is 12.1 Å². The molecule has 1 saturated heterocycles. The quantitative estimate of drug-likeness (QED) is 0.861. The summed E-state index contributed by atoms with van der Waals surface area (Å²) in [5, 5.41) is 5.93. The van der Waals surface area contributed by atoms with Crippen molar-refractivity contribution in [2.75, 3.05) is 18.4 Å². The Morgan fingerprint density at radius 3 is 2.40 bits per heavy atom. The van der Waals surface area contributed by atoms with E-state index in [1.54, 1.807) is 12.1 Å². The zero-order valence-electron chi connectivity index (χ0n) is 13.1. The first-order chi connectivity index (χ1) is 11.4. The van der Waals surface area contributed by atoms with Crippen LogP contribution in [0, 0.1) is 0 Å². The number of carbonyl (C=O) groups is 1. The minimum Gasteiger partial charge on any atom is -0.321 e. The molecule has 2 N–H and O–H groups in total. The summed E-state index contributed by atoms with van der Waals surface area (Å²) < 4.78 is 37.5. The lowest BCUT2D eigenvalue weighted by atomic mass is 9.98. The first-order valence-electron chi connectivity index (χ1n) is 7.59. The van der Waals surface area contributed by atoms with Crippen molar-refractivity contribution in [1.29, 1.82) is 0 Å². The first kappa shape index (κ1) is 19.2. The van der Waals surface area contributed by atoms with E-state index in [4.69, 9.17) is 0 Å². The van der Waals surface area contributed by atoms with Crippen LogP contribution in [-0.4, -0.2) is 24.0 Å². The number of hydrogen-bond acceptors (Lipinski definition) is 3. The fraction of sp³-hybridized carbons (Fsp3) is 0.294. The summed E-state index contributed by atoms with van der Waals surface area (Å²) in [5.74, 6) is -0.0645. The summed E-state index contributed by atoms with van der Waals surface area (Å²) in [5.41, 5.74) is 0.836. The van der Waals surface area contributed by atoms with Gasteiger partial charge in [0, 0.05) is 18.4 Å². The summed E-state index contributed by atoms with van der Waals surface area (Å²) >= 11 is 0. The van der Waals surface area contributed by atoms with Crippen molar-refractivity contribution in [2.45, 2.75) is 18.5 Å². The summed E-state index contributed by atoms with van der Waals surface area (Å²) in [7, 11) is 0. The van der Waals surface area contributed by atoms with E-state index in [0.717, 1.165) is 31.6 Å². The number of carbonyl (C=O) groups excluding carboxylic acids is 1. The van der Waals surface area contributed by atoms with Gasteiger partial charge in [-0.15, -0.1) is 12.4 Å². The van der Waals surface area contributed by atoms with Crippen LogP contribution < -0.4 is 10.6 Å². The van der Waals surface area contributed by atoms with Gasteiger partial charge < -0.3 is 10.6 Å². The molecule has 1 aromatic heterocycles. The van der Waals surface area contributed by atoms with Crippen molar-refractivity contribution in [3.8, 4) is 0 Å². The molecule has 4 nitrogen and oxygen atoms in total. The molecule has 1 unspecified atom stereocenters. The number of hydrogen-bond donors (Lipinski definition) is 2. The minimum atomic E-state index is -4.47. The summed E-state index contributed by atoms with van der Waals surface area (Å²) in [6.45, 7) is 1.95. The first-order valence-corrected chi connectivity index (χ1v) is 7.59. The molecule has 0 aliphatic carbocycles. The molecular weight excluding hydrogens is 355 g/mol. The Morgan fingerprint density at radius 1 is 1.16 bits per heavy atom. The maximum Gasteiger partial charge on any atom is 0.417 e. The molecule has 1 amide bonds. The van der Waals surface area contributed by atoms with Crippen LogP contribution in [0.3, 0.4) is 0 Å². The average Bonchev–Trinajstić information content (AvgIpc) is 3.09. The number of amides is 1. The van der Waals surface area contributed by atoms with Crippen LogP contribution in [0.1, 0.15) is 34.0 Å². The molecule has 3 rings (SSSR count). The number of halogens is 4. The molecule has 1 aliphatic heterocycles. The van der Waals surface area contributed by atoms with Gasteiger partial charge in [-0.25, -0.2) is 0 Å². The lowest BCUT2D eigenvalue weighted by Gasteiger charge is -2.11. The van der Waals surface area contributed by atoms with E-state index < -0.39 is 17.6 Å². The van der Waals surface area contributed by atoms with Gasteiger partial charge in [0.2, 0.25) is 0 Å². The molecule has 0 spiro atoms. The van der Waals surface area contributed by atoms with Crippen molar-refractivity contribution in [2.24, 2.45) is 0 Å². The zero-order valence-corrected chi connectivity index (χ0v) is 14.0. The topological polar surface area (TPSA) is 54.0 Å². The third-order valence-corrected chi connectivity index (χ3v) is 4.02. The lowest BCUT2D eigenvalue weighted by Crippen LogP contribution is -2.15. The van der Waals surface area contributed by atoms with Crippen molar-refractivity contribution in [3.05, 3.63) is 59.4 Å². The van der Waals surface area contributed by atoms with Gasteiger partial charge in [-0.05, 0) is 48.7 Å². The fourth-order valence-electron chi connectivity index (χ4n) is 2.67. The highest BCUT2D eigenvalue weighted by Gasteiger charge is 2.30. The second-order valence-corrected chi connectivity index (χ2v) is 5.70. The third kappa shape index (κ3) is 4.70. The zero-order chi connectivity index (χ0) is 17.2. The highest BCUT2D eigenvalue weighted by molar-refractivity contribution is 6.02. The van der Waals surface area contributed by atoms with Gasteiger partial charge in [0.05, 0.1) is 5.56 Å². The molecule has 0 bridgehead atoms. The lowest BCUT2D eigenvalue weighted by molar-refractivity contribution is -0.137. The fourth-order valence-corrected chi connectivity index (χ4v) is 2.67. The predicted molar refractivity (Wildman–Crippen MR) is 91.1 cm³/mol. The van der Waals surface area contributed by atoms with E-state index in [2.05, 4.69) is 15.6 Å². The van der Waals surface area contributed by atoms with Gasteiger partial charge in [-0.3, -0.25) is 9.78 Å². The van der Waals surface area contributed by atoms with Crippen LogP contribution >= 0.6 is 12.4 Å². The Balaban J connectivity index is 0.00000225. The molecule has 1 atom stereocenters. The van der Waals surface area contributed by atoms with E-state index in [1.165, 1.54) is 5.56 Å². The van der Waals surface area contributed by atoms with Crippen LogP contribution in [0.25, 0.3) is 0 Å². The number of nitrogens with one attached hydrogen (secondary N) is 2. The van der Waals surface area contributed by atoms with Crippen molar-refractivity contribution >= 4 is 24.0 Å². The van der Waals surface area contributed by atoms with E-state index in [9.17, 15) is 18.0 Å². The molecule has 134 valence electrons. The van der Waals surface area contributed by atoms with Crippen molar-refractivity contribution < 1.29 is 18.0 Å². The highest BCUT2D eigenvalue weighted by Crippen LogP contribution is 2.28. The Kier molecular flexibility index (Phi) is 6.02. The Hall–Kier alpha value is -2.12. The SMILES string of the molecule is Cl.O=C(Nc1ccc(C2CCNC2)cc1)c1ccc(C(F)(F)F)cn1. The van der Waals surface area contributed by atoms with Crippen molar-refractivity contribution in [1.82, 2.24) is 10.3 Å². The van der Waals surface area contributed by atoms with Crippen LogP contribution in [0.5, 0.6) is 0 Å². The normalized spacial score (nSPS) is 17.0. The monoisotopic (exact) mass is 371 g/mol. The Morgan fingerprint density at radius 2 is 1.88 bits per heavy atom. The van der Waals surface area contributed by atoms with E-state index in [-0.39, 0.29) is 18.1 Å². The van der Waals surface area contributed by atoms with Gasteiger partial charge in [0.1, 0.15) is 5.69 Å². The molecule has 25 heavy (non-hydrogen) atoms. The number of rotatable bonds is 3. The van der Waals surface area contributed by atoms with E-state index in [1.807, 2.05) is 12.1 Å². The van der Waals surface area contributed by atoms with E-state index >= 15 is 0 Å².